The molecule has 1 N–H and O–H groups in total. The normalized spacial score (nSPS) is 17.9. The van der Waals surface area contributed by atoms with Crippen LogP contribution in [-0.2, 0) is 6.42 Å². The molecule has 1 unspecified atom stereocenters. The van der Waals surface area contributed by atoms with E-state index in [1.807, 2.05) is 13.0 Å². The zero-order valence-electron chi connectivity index (χ0n) is 13.3. The Labute approximate surface area is 133 Å². The van der Waals surface area contributed by atoms with Gasteiger partial charge in [0.2, 0.25) is 0 Å². The number of hydrogen-bond acceptors (Lipinski definition) is 2. The van der Waals surface area contributed by atoms with Gasteiger partial charge in [0.1, 0.15) is 5.82 Å². The molecule has 0 aromatic heterocycles. The summed E-state index contributed by atoms with van der Waals surface area (Å²) in [6, 6.07) is 5.74. The van der Waals surface area contributed by atoms with E-state index in [9.17, 15) is 4.39 Å². The molecule has 1 aliphatic rings. The van der Waals surface area contributed by atoms with E-state index in [-0.39, 0.29) is 5.82 Å². The molecule has 1 aliphatic heterocycles. The maximum atomic E-state index is 13.2. The molecule has 0 radical (unpaired) electrons. The third-order valence-electron chi connectivity index (χ3n) is 4.41. The number of thioether (sulfide) groups is 1. The topological polar surface area (TPSA) is 12.0 Å². The van der Waals surface area contributed by atoms with Crippen molar-refractivity contribution in [3.63, 3.8) is 0 Å². The lowest BCUT2D eigenvalue weighted by Gasteiger charge is -2.27. The molecule has 1 nitrogen and oxygen atoms in total. The average Bonchev–Trinajstić information content (AvgIpc) is 2.48. The molecule has 2 rings (SSSR count). The molecule has 21 heavy (non-hydrogen) atoms. The molecule has 1 aromatic rings. The summed E-state index contributed by atoms with van der Waals surface area (Å²) in [7, 11) is 0. The second-order valence-corrected chi connectivity index (χ2v) is 7.44. The van der Waals surface area contributed by atoms with E-state index in [1.54, 1.807) is 12.1 Å². The molecule has 0 aliphatic carbocycles. The fourth-order valence-corrected chi connectivity index (χ4v) is 4.33. The monoisotopic (exact) mass is 309 g/mol. The second kappa shape index (κ2) is 8.79. The maximum Gasteiger partial charge on any atom is 0.123 e. The van der Waals surface area contributed by atoms with Crippen LogP contribution in [0.25, 0.3) is 0 Å². The summed E-state index contributed by atoms with van der Waals surface area (Å²) in [6.45, 7) is 5.31. The van der Waals surface area contributed by atoms with Crippen LogP contribution in [0.1, 0.15) is 43.7 Å². The molecule has 0 amide bonds. The van der Waals surface area contributed by atoms with Crippen molar-refractivity contribution >= 4 is 11.8 Å². The van der Waals surface area contributed by atoms with Gasteiger partial charge in [-0.25, -0.2) is 4.39 Å². The Morgan fingerprint density at radius 2 is 2.10 bits per heavy atom. The summed E-state index contributed by atoms with van der Waals surface area (Å²) in [5, 5.41) is 3.71. The minimum absolute atomic E-state index is 0.126. The van der Waals surface area contributed by atoms with Crippen LogP contribution < -0.4 is 5.32 Å². The van der Waals surface area contributed by atoms with Gasteiger partial charge < -0.3 is 5.32 Å². The van der Waals surface area contributed by atoms with Crippen molar-refractivity contribution < 1.29 is 4.39 Å². The van der Waals surface area contributed by atoms with Crippen LogP contribution in [0.15, 0.2) is 18.2 Å². The fraction of sp³-hybridized carbons (Fsp3) is 0.667. The van der Waals surface area contributed by atoms with Crippen LogP contribution in [0.5, 0.6) is 0 Å². The fourth-order valence-electron chi connectivity index (χ4n) is 3.13. The molecular formula is C18H28FNS. The molecule has 0 spiro atoms. The van der Waals surface area contributed by atoms with Crippen molar-refractivity contribution in [3.8, 4) is 0 Å². The van der Waals surface area contributed by atoms with Gasteiger partial charge in [-0.1, -0.05) is 13.0 Å². The Bertz CT molecular complexity index is 429. The van der Waals surface area contributed by atoms with Gasteiger partial charge in [0, 0.05) is 6.04 Å². The Balaban J connectivity index is 1.97. The van der Waals surface area contributed by atoms with Gasteiger partial charge in [0.25, 0.3) is 0 Å². The first-order chi connectivity index (χ1) is 10.2. The van der Waals surface area contributed by atoms with Crippen LogP contribution in [0.2, 0.25) is 0 Å². The number of nitrogens with one attached hydrogen (secondary N) is 1. The van der Waals surface area contributed by atoms with E-state index in [0.717, 1.165) is 24.4 Å². The predicted octanol–water partition coefficient (Wildman–Crippen LogP) is 4.58. The minimum atomic E-state index is -0.126. The van der Waals surface area contributed by atoms with Gasteiger partial charge in [-0.3, -0.25) is 0 Å². The zero-order chi connectivity index (χ0) is 15.1. The molecule has 0 saturated carbocycles. The lowest BCUT2D eigenvalue weighted by molar-refractivity contribution is 0.362. The van der Waals surface area contributed by atoms with E-state index in [2.05, 4.69) is 24.0 Å². The molecule has 1 heterocycles. The number of benzene rings is 1. The summed E-state index contributed by atoms with van der Waals surface area (Å²) < 4.78 is 13.2. The van der Waals surface area contributed by atoms with Crippen molar-refractivity contribution in [2.45, 2.75) is 52.0 Å². The Kier molecular flexibility index (Phi) is 7.05. The van der Waals surface area contributed by atoms with Gasteiger partial charge in [-0.05, 0) is 86.3 Å². The lowest BCUT2D eigenvalue weighted by atomic mass is 9.90. The second-order valence-electron chi connectivity index (χ2n) is 6.22. The molecule has 1 saturated heterocycles. The van der Waals surface area contributed by atoms with E-state index in [1.165, 1.54) is 42.8 Å². The van der Waals surface area contributed by atoms with Crippen LogP contribution in [-0.4, -0.2) is 24.1 Å². The standard InChI is InChI=1S/C18H28FNS/c1-3-8-20-18(12-15-6-9-21-10-7-15)13-16-4-5-17(19)11-14(16)2/h4-5,11,15,18,20H,3,6-10,12-13H2,1-2H3. The van der Waals surface area contributed by atoms with Crippen LogP contribution in [0.3, 0.4) is 0 Å². The largest absolute Gasteiger partial charge is 0.314 e. The van der Waals surface area contributed by atoms with Crippen molar-refractivity contribution in [3.05, 3.63) is 35.1 Å². The number of halogens is 1. The number of aryl methyl sites for hydroxylation is 1. The van der Waals surface area contributed by atoms with Gasteiger partial charge in [-0.15, -0.1) is 0 Å². The van der Waals surface area contributed by atoms with E-state index in [4.69, 9.17) is 0 Å². The van der Waals surface area contributed by atoms with Gasteiger partial charge >= 0.3 is 0 Å². The maximum absolute atomic E-state index is 13.2. The van der Waals surface area contributed by atoms with E-state index >= 15 is 0 Å². The van der Waals surface area contributed by atoms with Crippen molar-refractivity contribution in [1.82, 2.24) is 5.32 Å². The van der Waals surface area contributed by atoms with Crippen LogP contribution >= 0.6 is 11.8 Å². The summed E-state index contributed by atoms with van der Waals surface area (Å²) in [5.74, 6) is 3.38. The summed E-state index contributed by atoms with van der Waals surface area (Å²) >= 11 is 2.09. The summed E-state index contributed by atoms with van der Waals surface area (Å²) in [5.41, 5.74) is 2.37. The van der Waals surface area contributed by atoms with Crippen LogP contribution in [0, 0.1) is 18.7 Å². The number of rotatable bonds is 7. The SMILES string of the molecule is CCCNC(Cc1ccc(F)cc1C)CC1CCSCC1. The van der Waals surface area contributed by atoms with E-state index < -0.39 is 0 Å². The Hall–Kier alpha value is -0.540. The Morgan fingerprint density at radius 1 is 1.33 bits per heavy atom. The van der Waals surface area contributed by atoms with Crippen molar-refractivity contribution in [2.75, 3.05) is 18.1 Å². The van der Waals surface area contributed by atoms with E-state index in [0.29, 0.717) is 6.04 Å². The predicted molar refractivity (Wildman–Crippen MR) is 91.6 cm³/mol. The summed E-state index contributed by atoms with van der Waals surface area (Å²) in [6.07, 6.45) is 6.17. The highest BCUT2D eigenvalue weighted by atomic mass is 32.2. The molecule has 1 atom stereocenters. The Morgan fingerprint density at radius 3 is 2.76 bits per heavy atom. The zero-order valence-corrected chi connectivity index (χ0v) is 14.1. The molecule has 0 bridgehead atoms. The first-order valence-corrected chi connectivity index (χ1v) is 9.40. The van der Waals surface area contributed by atoms with Crippen LogP contribution in [0.4, 0.5) is 4.39 Å². The highest BCUT2D eigenvalue weighted by Crippen LogP contribution is 2.27. The molecule has 118 valence electrons. The first-order valence-electron chi connectivity index (χ1n) is 8.25. The first kappa shape index (κ1) is 16.8. The van der Waals surface area contributed by atoms with Gasteiger partial charge in [-0.2, -0.15) is 11.8 Å². The molecular weight excluding hydrogens is 281 g/mol. The summed E-state index contributed by atoms with van der Waals surface area (Å²) in [4.78, 5) is 0. The highest BCUT2D eigenvalue weighted by molar-refractivity contribution is 7.99. The molecule has 1 aromatic carbocycles. The van der Waals surface area contributed by atoms with Gasteiger partial charge in [0.15, 0.2) is 0 Å². The smallest absolute Gasteiger partial charge is 0.123 e. The molecule has 3 heteroatoms. The van der Waals surface area contributed by atoms with Crippen molar-refractivity contribution in [1.29, 1.82) is 0 Å². The highest BCUT2D eigenvalue weighted by Gasteiger charge is 2.19. The molecule has 1 fully saturated rings. The number of hydrogen-bond donors (Lipinski definition) is 1. The third kappa shape index (κ3) is 5.63. The lowest BCUT2D eigenvalue weighted by Crippen LogP contribution is -2.34. The third-order valence-corrected chi connectivity index (χ3v) is 5.46. The quantitative estimate of drug-likeness (QED) is 0.791. The average molecular weight is 309 g/mol. The minimum Gasteiger partial charge on any atom is -0.314 e. The van der Waals surface area contributed by atoms with Crippen molar-refractivity contribution in [2.24, 2.45) is 5.92 Å². The van der Waals surface area contributed by atoms with Gasteiger partial charge in [0.05, 0.1) is 0 Å².